The number of carbonyl (C=O) groups is 1. The summed E-state index contributed by atoms with van der Waals surface area (Å²) in [5.41, 5.74) is 1.66. The van der Waals surface area contributed by atoms with Crippen LogP contribution in [0.5, 0.6) is 5.75 Å². The Morgan fingerprint density at radius 1 is 1.08 bits per heavy atom. The van der Waals surface area contributed by atoms with Crippen LogP contribution in [-0.4, -0.2) is 58.0 Å². The molecule has 1 aliphatic heterocycles. The van der Waals surface area contributed by atoms with Crippen molar-refractivity contribution in [1.82, 2.24) is 9.29 Å². The zero-order valence-corrected chi connectivity index (χ0v) is 22.3. The normalized spacial score (nSPS) is 15.5. The molecule has 1 amide bonds. The number of nitrogens with one attached hydrogen (secondary N) is 1. The molecule has 3 aromatic rings. The molecule has 12 heteroatoms. The van der Waals surface area contributed by atoms with Gasteiger partial charge < -0.3 is 10.1 Å². The Balaban J connectivity index is 1.36. The molecule has 1 aromatic heterocycles. The second-order valence-corrected chi connectivity index (χ2v) is 13.2. The number of hydrogen-bond donors (Lipinski definition) is 1. The molecule has 0 saturated carbocycles. The van der Waals surface area contributed by atoms with Crippen molar-refractivity contribution in [3.05, 3.63) is 53.9 Å². The summed E-state index contributed by atoms with van der Waals surface area (Å²) in [5, 5.41) is 5.20. The van der Waals surface area contributed by atoms with Gasteiger partial charge in [0.25, 0.3) is 0 Å². The second kappa shape index (κ2) is 10.7. The van der Waals surface area contributed by atoms with Crippen molar-refractivity contribution >= 4 is 42.2 Å². The summed E-state index contributed by atoms with van der Waals surface area (Å²) in [6.07, 6.45) is 1.74. The molecule has 36 heavy (non-hydrogen) atoms. The van der Waals surface area contributed by atoms with Gasteiger partial charge in [-0.25, -0.2) is 21.8 Å². The van der Waals surface area contributed by atoms with Crippen LogP contribution in [0, 0.1) is 5.92 Å². The zero-order chi connectivity index (χ0) is 25.9. The maximum Gasteiger partial charge on any atom is 0.243 e. The van der Waals surface area contributed by atoms with Crippen molar-refractivity contribution in [1.29, 1.82) is 0 Å². The minimum Gasteiger partial charge on any atom is -0.494 e. The van der Waals surface area contributed by atoms with E-state index in [0.717, 1.165) is 23.3 Å². The predicted octanol–water partition coefficient (Wildman–Crippen LogP) is 3.65. The molecule has 9 nitrogen and oxygen atoms in total. The topological polar surface area (TPSA) is 123 Å². The number of carbonyl (C=O) groups excluding carboxylic acids is 1. The number of sulfonamides is 1. The number of hydrogen-bond acceptors (Lipinski definition) is 8. The highest BCUT2D eigenvalue weighted by Crippen LogP contribution is 2.29. The van der Waals surface area contributed by atoms with Crippen LogP contribution in [0.2, 0.25) is 0 Å². The Bertz CT molecular complexity index is 1440. The number of anilines is 1. The van der Waals surface area contributed by atoms with E-state index >= 15 is 0 Å². The molecular weight excluding hydrogens is 522 g/mol. The minimum atomic E-state index is -3.87. The average molecular weight is 550 g/mol. The highest BCUT2D eigenvalue weighted by molar-refractivity contribution is 7.91. The summed E-state index contributed by atoms with van der Waals surface area (Å²) in [6, 6.07) is 12.9. The van der Waals surface area contributed by atoms with E-state index < -0.39 is 19.9 Å². The average Bonchev–Trinajstić information content (AvgIpc) is 3.33. The van der Waals surface area contributed by atoms with Crippen LogP contribution in [0.25, 0.3) is 11.3 Å². The summed E-state index contributed by atoms with van der Waals surface area (Å²) in [7, 11) is -7.40. The van der Waals surface area contributed by atoms with Gasteiger partial charge in [0, 0.05) is 36.2 Å². The Hall–Kier alpha value is -2.80. The zero-order valence-electron chi connectivity index (χ0n) is 19.9. The Morgan fingerprint density at radius 3 is 2.39 bits per heavy atom. The van der Waals surface area contributed by atoms with Crippen LogP contribution in [0.4, 0.5) is 5.13 Å². The van der Waals surface area contributed by atoms with Crippen LogP contribution in [0.1, 0.15) is 19.8 Å². The molecule has 4 rings (SSSR count). The number of benzene rings is 2. The maximum absolute atomic E-state index is 13.0. The third kappa shape index (κ3) is 5.94. The van der Waals surface area contributed by atoms with E-state index in [1.165, 1.54) is 39.9 Å². The van der Waals surface area contributed by atoms with Crippen molar-refractivity contribution < 1.29 is 26.4 Å². The Labute approximate surface area is 215 Å². The fourth-order valence-electron chi connectivity index (χ4n) is 3.93. The SMILES string of the molecule is CCOc1ccc(-c2csc(NC(=O)C3CCN(S(=O)(=O)c4cccc(S(C)(=O)=O)c4)CC3)n2)cc1. The monoisotopic (exact) mass is 549 g/mol. The van der Waals surface area contributed by atoms with Gasteiger partial charge in [0.2, 0.25) is 15.9 Å². The number of thiazole rings is 1. The van der Waals surface area contributed by atoms with E-state index in [0.29, 0.717) is 24.6 Å². The molecule has 1 fully saturated rings. The van der Waals surface area contributed by atoms with E-state index in [4.69, 9.17) is 4.74 Å². The first-order valence-electron chi connectivity index (χ1n) is 11.4. The number of ether oxygens (including phenoxy) is 1. The summed E-state index contributed by atoms with van der Waals surface area (Å²) in [4.78, 5) is 17.2. The predicted molar refractivity (Wildman–Crippen MR) is 138 cm³/mol. The molecule has 0 bridgehead atoms. The van der Waals surface area contributed by atoms with Crippen LogP contribution in [-0.2, 0) is 24.7 Å². The van der Waals surface area contributed by atoms with E-state index in [2.05, 4.69) is 10.3 Å². The molecule has 192 valence electrons. The van der Waals surface area contributed by atoms with Crippen LogP contribution < -0.4 is 10.1 Å². The summed E-state index contributed by atoms with van der Waals surface area (Å²) in [6.45, 7) is 2.84. The second-order valence-electron chi connectivity index (χ2n) is 8.41. The Morgan fingerprint density at radius 2 is 1.75 bits per heavy atom. The smallest absolute Gasteiger partial charge is 0.243 e. The molecular formula is C24H27N3O6S3. The van der Waals surface area contributed by atoms with E-state index in [1.807, 2.05) is 36.6 Å². The lowest BCUT2D eigenvalue weighted by Gasteiger charge is -2.30. The molecule has 0 unspecified atom stereocenters. The highest BCUT2D eigenvalue weighted by Gasteiger charge is 2.32. The molecule has 0 spiro atoms. The molecule has 1 aliphatic rings. The Kier molecular flexibility index (Phi) is 7.79. The van der Waals surface area contributed by atoms with E-state index in [9.17, 15) is 21.6 Å². The standard InChI is InChI=1S/C24H27N3O6S3/c1-3-33-19-9-7-17(8-10-19)22-16-34-24(25-22)26-23(28)18-11-13-27(14-12-18)36(31,32)21-6-4-5-20(15-21)35(2,29)30/h4-10,15-16,18H,3,11-14H2,1-2H3,(H,25,26,28). The van der Waals surface area contributed by atoms with Gasteiger partial charge in [-0.3, -0.25) is 4.79 Å². The highest BCUT2D eigenvalue weighted by atomic mass is 32.2. The first-order valence-corrected chi connectivity index (χ1v) is 15.6. The molecule has 0 atom stereocenters. The van der Waals surface area contributed by atoms with Crippen LogP contribution >= 0.6 is 11.3 Å². The van der Waals surface area contributed by atoms with E-state index in [1.54, 1.807) is 0 Å². The number of amides is 1. The van der Waals surface area contributed by atoms with E-state index in [-0.39, 0.29) is 34.7 Å². The fraction of sp³-hybridized carbons (Fsp3) is 0.333. The van der Waals surface area contributed by atoms with Gasteiger partial charge in [-0.2, -0.15) is 4.31 Å². The molecule has 1 N–H and O–H groups in total. The van der Waals surface area contributed by atoms with Crippen molar-refractivity contribution in [2.45, 2.75) is 29.6 Å². The first-order chi connectivity index (χ1) is 17.1. The molecule has 1 saturated heterocycles. The number of sulfone groups is 1. The van der Waals surface area contributed by atoms with Gasteiger partial charge in [-0.05, 0) is 62.2 Å². The van der Waals surface area contributed by atoms with Crippen molar-refractivity contribution in [3.63, 3.8) is 0 Å². The first kappa shape index (κ1) is 26.3. The van der Waals surface area contributed by atoms with Crippen LogP contribution in [0.15, 0.2) is 63.7 Å². The molecule has 0 radical (unpaired) electrons. The number of nitrogens with zero attached hydrogens (tertiary/aromatic N) is 2. The quantitative estimate of drug-likeness (QED) is 0.455. The lowest BCUT2D eigenvalue weighted by atomic mass is 9.97. The van der Waals surface area contributed by atoms with Crippen molar-refractivity contribution in [2.24, 2.45) is 5.92 Å². The number of piperidine rings is 1. The van der Waals surface area contributed by atoms with Crippen LogP contribution in [0.3, 0.4) is 0 Å². The summed E-state index contributed by atoms with van der Waals surface area (Å²) >= 11 is 1.33. The van der Waals surface area contributed by atoms with Gasteiger partial charge in [0.05, 0.1) is 22.1 Å². The van der Waals surface area contributed by atoms with Gasteiger partial charge in [0.1, 0.15) is 5.75 Å². The third-order valence-electron chi connectivity index (χ3n) is 5.89. The molecule has 2 heterocycles. The van der Waals surface area contributed by atoms with Gasteiger partial charge >= 0.3 is 0 Å². The third-order valence-corrected chi connectivity index (χ3v) is 9.65. The van der Waals surface area contributed by atoms with Gasteiger partial charge in [0.15, 0.2) is 15.0 Å². The van der Waals surface area contributed by atoms with Crippen molar-refractivity contribution in [2.75, 3.05) is 31.3 Å². The van der Waals surface area contributed by atoms with Gasteiger partial charge in [-0.1, -0.05) is 6.07 Å². The molecule has 0 aliphatic carbocycles. The largest absolute Gasteiger partial charge is 0.494 e. The molecule has 2 aromatic carbocycles. The number of aromatic nitrogens is 1. The number of rotatable bonds is 8. The summed E-state index contributed by atoms with van der Waals surface area (Å²) in [5.74, 6) is 0.233. The lowest BCUT2D eigenvalue weighted by Crippen LogP contribution is -2.41. The van der Waals surface area contributed by atoms with Gasteiger partial charge in [-0.15, -0.1) is 11.3 Å². The van der Waals surface area contributed by atoms with Crippen molar-refractivity contribution in [3.8, 4) is 17.0 Å². The summed E-state index contributed by atoms with van der Waals surface area (Å²) < 4.78 is 56.5. The lowest BCUT2D eigenvalue weighted by molar-refractivity contribution is -0.120. The minimum absolute atomic E-state index is 0.0501. The maximum atomic E-state index is 13.0. The fourth-order valence-corrected chi connectivity index (χ4v) is 6.91.